The van der Waals surface area contributed by atoms with E-state index in [1.54, 1.807) is 17.0 Å². The van der Waals surface area contributed by atoms with E-state index in [2.05, 4.69) is 10.4 Å². The van der Waals surface area contributed by atoms with E-state index in [9.17, 15) is 4.79 Å². The minimum absolute atomic E-state index is 0.0526. The fraction of sp³-hybridized carbons (Fsp3) is 0.500. The van der Waals surface area contributed by atoms with E-state index in [4.69, 9.17) is 5.11 Å². The zero-order valence-corrected chi connectivity index (χ0v) is 10.4. The molecular formula is C12H19N3O2. The highest BCUT2D eigenvalue weighted by Gasteiger charge is 2.13. The van der Waals surface area contributed by atoms with Crippen molar-refractivity contribution in [1.29, 1.82) is 0 Å². The highest BCUT2D eigenvalue weighted by atomic mass is 16.3. The maximum absolute atomic E-state index is 11.6. The van der Waals surface area contributed by atoms with Crippen LogP contribution in [0.2, 0.25) is 0 Å². The van der Waals surface area contributed by atoms with E-state index in [0.717, 1.165) is 5.69 Å². The summed E-state index contributed by atoms with van der Waals surface area (Å²) < 4.78 is 1.68. The van der Waals surface area contributed by atoms with Gasteiger partial charge in [0.05, 0.1) is 18.3 Å². The molecule has 1 atom stereocenters. The second-order valence-electron chi connectivity index (χ2n) is 4.25. The van der Waals surface area contributed by atoms with Crippen LogP contribution in [0.1, 0.15) is 19.5 Å². The number of carbonyl (C=O) groups is 1. The smallest absolute Gasteiger partial charge is 0.244 e. The quantitative estimate of drug-likeness (QED) is 0.736. The summed E-state index contributed by atoms with van der Waals surface area (Å²) in [6.45, 7) is 3.85. The topological polar surface area (TPSA) is 67.2 Å². The summed E-state index contributed by atoms with van der Waals surface area (Å²) in [5.41, 5.74) is 0.852. The third-order valence-electron chi connectivity index (χ3n) is 2.59. The van der Waals surface area contributed by atoms with Crippen molar-refractivity contribution < 1.29 is 9.90 Å². The fourth-order valence-corrected chi connectivity index (χ4v) is 1.36. The molecule has 0 radical (unpaired) electrons. The number of hydrogen-bond donors (Lipinski definition) is 2. The van der Waals surface area contributed by atoms with Gasteiger partial charge in [-0.25, -0.2) is 0 Å². The molecule has 5 nitrogen and oxygen atoms in total. The lowest BCUT2D eigenvalue weighted by Crippen LogP contribution is -2.40. The van der Waals surface area contributed by atoms with Crippen molar-refractivity contribution in [2.75, 3.05) is 6.61 Å². The fourth-order valence-electron chi connectivity index (χ4n) is 1.36. The Morgan fingerprint density at radius 3 is 2.82 bits per heavy atom. The number of amides is 1. The van der Waals surface area contributed by atoms with Crippen LogP contribution in [0.4, 0.5) is 0 Å². The molecule has 5 heteroatoms. The van der Waals surface area contributed by atoms with Crippen LogP contribution < -0.4 is 5.32 Å². The maximum Gasteiger partial charge on any atom is 0.244 e. The molecule has 0 aliphatic carbocycles. The standard InChI is InChI=1S/C12H19N3O2/c1-9(2)11(8-16)14-12(17)5-4-10-6-7-13-15(10)3/h4-7,9,11,16H,8H2,1-3H3,(H,14,17). The molecule has 1 unspecified atom stereocenters. The van der Waals surface area contributed by atoms with Gasteiger partial charge < -0.3 is 10.4 Å². The SMILES string of the molecule is CC(C)C(CO)NC(=O)C=Cc1ccnn1C. The van der Waals surface area contributed by atoms with Gasteiger partial charge in [-0.1, -0.05) is 13.8 Å². The lowest BCUT2D eigenvalue weighted by atomic mass is 10.1. The third-order valence-corrected chi connectivity index (χ3v) is 2.59. The third kappa shape index (κ3) is 4.03. The van der Waals surface area contributed by atoms with Crippen LogP contribution >= 0.6 is 0 Å². The summed E-state index contributed by atoms with van der Waals surface area (Å²) >= 11 is 0. The Kier molecular flexibility index (Phi) is 4.90. The molecule has 0 saturated carbocycles. The largest absolute Gasteiger partial charge is 0.394 e. The number of nitrogens with zero attached hydrogens (tertiary/aromatic N) is 2. The summed E-state index contributed by atoms with van der Waals surface area (Å²) in [6, 6.07) is 1.61. The van der Waals surface area contributed by atoms with Crippen molar-refractivity contribution >= 4 is 12.0 Å². The summed E-state index contributed by atoms with van der Waals surface area (Å²) in [5.74, 6) is -0.00648. The number of aryl methyl sites for hydroxylation is 1. The van der Waals surface area contributed by atoms with Crippen LogP contribution in [-0.4, -0.2) is 33.4 Å². The van der Waals surface area contributed by atoms with Crippen molar-refractivity contribution in [3.63, 3.8) is 0 Å². The first-order valence-corrected chi connectivity index (χ1v) is 5.62. The van der Waals surface area contributed by atoms with Crippen molar-refractivity contribution in [3.8, 4) is 0 Å². The number of aliphatic hydroxyl groups is 1. The van der Waals surface area contributed by atoms with E-state index in [1.165, 1.54) is 6.08 Å². The summed E-state index contributed by atoms with van der Waals surface area (Å²) in [4.78, 5) is 11.6. The van der Waals surface area contributed by atoms with E-state index < -0.39 is 0 Å². The Hall–Kier alpha value is -1.62. The Bertz CT molecular complexity index is 396. The monoisotopic (exact) mass is 237 g/mol. The van der Waals surface area contributed by atoms with Gasteiger partial charge in [-0.05, 0) is 18.1 Å². The Morgan fingerprint density at radius 1 is 1.65 bits per heavy atom. The summed E-state index contributed by atoms with van der Waals surface area (Å²) in [6.07, 6.45) is 4.81. The zero-order chi connectivity index (χ0) is 12.8. The van der Waals surface area contributed by atoms with Gasteiger partial charge in [-0.2, -0.15) is 5.10 Å². The molecule has 17 heavy (non-hydrogen) atoms. The van der Waals surface area contributed by atoms with Crippen LogP contribution in [0.3, 0.4) is 0 Å². The number of hydrogen-bond acceptors (Lipinski definition) is 3. The van der Waals surface area contributed by atoms with Crippen LogP contribution in [0.15, 0.2) is 18.3 Å². The van der Waals surface area contributed by atoms with Gasteiger partial charge >= 0.3 is 0 Å². The Balaban J connectivity index is 2.55. The van der Waals surface area contributed by atoms with Gasteiger partial charge in [0.2, 0.25) is 5.91 Å². The molecule has 0 spiro atoms. The van der Waals surface area contributed by atoms with Crippen molar-refractivity contribution in [1.82, 2.24) is 15.1 Å². The minimum atomic E-state index is -0.210. The average molecular weight is 237 g/mol. The molecule has 1 amide bonds. The molecule has 1 aromatic heterocycles. The predicted molar refractivity (Wildman–Crippen MR) is 66.1 cm³/mol. The molecule has 1 aromatic rings. The number of aromatic nitrogens is 2. The Labute approximate surface area is 101 Å². The van der Waals surface area contributed by atoms with Crippen LogP contribution in [0.25, 0.3) is 6.08 Å². The van der Waals surface area contributed by atoms with E-state index >= 15 is 0 Å². The second kappa shape index (κ2) is 6.20. The van der Waals surface area contributed by atoms with Gasteiger partial charge in [0, 0.05) is 19.3 Å². The number of nitrogens with one attached hydrogen (secondary N) is 1. The number of carbonyl (C=O) groups excluding carboxylic acids is 1. The van der Waals surface area contributed by atoms with Gasteiger partial charge in [-0.15, -0.1) is 0 Å². The van der Waals surface area contributed by atoms with Gasteiger partial charge in [0.15, 0.2) is 0 Å². The minimum Gasteiger partial charge on any atom is -0.394 e. The molecule has 1 heterocycles. The van der Waals surface area contributed by atoms with Gasteiger partial charge in [0.1, 0.15) is 0 Å². The van der Waals surface area contributed by atoms with Crippen molar-refractivity contribution in [2.45, 2.75) is 19.9 Å². The molecule has 0 bridgehead atoms. The first-order chi connectivity index (χ1) is 8.04. The molecule has 0 aliphatic heterocycles. The summed E-state index contributed by atoms with van der Waals surface area (Å²) in [5, 5.41) is 15.8. The summed E-state index contributed by atoms with van der Waals surface area (Å²) in [7, 11) is 1.81. The highest BCUT2D eigenvalue weighted by Crippen LogP contribution is 2.02. The van der Waals surface area contributed by atoms with Crippen molar-refractivity contribution in [2.24, 2.45) is 13.0 Å². The number of rotatable bonds is 5. The normalized spacial score (nSPS) is 13.2. The Morgan fingerprint density at radius 2 is 2.35 bits per heavy atom. The first kappa shape index (κ1) is 13.4. The maximum atomic E-state index is 11.6. The molecular weight excluding hydrogens is 218 g/mol. The van der Waals surface area contributed by atoms with Crippen LogP contribution in [0, 0.1) is 5.92 Å². The molecule has 0 aliphatic rings. The zero-order valence-electron chi connectivity index (χ0n) is 10.4. The molecule has 2 N–H and O–H groups in total. The highest BCUT2D eigenvalue weighted by molar-refractivity contribution is 5.91. The van der Waals surface area contributed by atoms with Gasteiger partial charge in [0.25, 0.3) is 0 Å². The second-order valence-corrected chi connectivity index (χ2v) is 4.25. The van der Waals surface area contributed by atoms with E-state index in [-0.39, 0.29) is 24.5 Å². The molecule has 94 valence electrons. The van der Waals surface area contributed by atoms with E-state index in [0.29, 0.717) is 0 Å². The van der Waals surface area contributed by atoms with E-state index in [1.807, 2.05) is 27.0 Å². The lowest BCUT2D eigenvalue weighted by molar-refractivity contribution is -0.117. The van der Waals surface area contributed by atoms with Crippen LogP contribution in [-0.2, 0) is 11.8 Å². The lowest BCUT2D eigenvalue weighted by Gasteiger charge is -2.18. The van der Waals surface area contributed by atoms with Crippen molar-refractivity contribution in [3.05, 3.63) is 24.0 Å². The first-order valence-electron chi connectivity index (χ1n) is 5.62. The molecule has 0 saturated heterocycles. The molecule has 1 rings (SSSR count). The molecule has 0 aromatic carbocycles. The molecule has 0 fully saturated rings. The predicted octanol–water partition coefficient (Wildman–Crippen LogP) is 0.566. The average Bonchev–Trinajstić information content (AvgIpc) is 2.68. The van der Waals surface area contributed by atoms with Gasteiger partial charge in [-0.3, -0.25) is 9.48 Å². The van der Waals surface area contributed by atoms with Crippen LogP contribution in [0.5, 0.6) is 0 Å². The number of aliphatic hydroxyl groups excluding tert-OH is 1.